The van der Waals surface area contributed by atoms with E-state index in [2.05, 4.69) is 33.8 Å². The number of rotatable bonds is 1. The summed E-state index contributed by atoms with van der Waals surface area (Å²) in [5.41, 5.74) is 0.133. The van der Waals surface area contributed by atoms with Gasteiger partial charge in [0.15, 0.2) is 0 Å². The Labute approximate surface area is 140 Å². The van der Waals surface area contributed by atoms with E-state index >= 15 is 0 Å². The Morgan fingerprint density at radius 1 is 1.26 bits per heavy atom. The van der Waals surface area contributed by atoms with Crippen molar-refractivity contribution < 1.29 is 14.3 Å². The fourth-order valence-electron chi connectivity index (χ4n) is 6.45. The first-order chi connectivity index (χ1) is 10.6. The monoisotopic (exact) mass is 320 g/mol. The van der Waals surface area contributed by atoms with E-state index in [4.69, 9.17) is 9.47 Å². The zero-order valence-electron chi connectivity index (χ0n) is 15.6. The van der Waals surface area contributed by atoms with E-state index < -0.39 is 0 Å². The minimum absolute atomic E-state index is 0.0417. The Kier molecular flexibility index (Phi) is 3.85. The van der Waals surface area contributed by atoms with Gasteiger partial charge in [-0.15, -0.1) is 0 Å². The Morgan fingerprint density at radius 2 is 1.96 bits per heavy atom. The number of carbonyl (C=O) groups is 1. The van der Waals surface area contributed by atoms with Crippen LogP contribution in [0, 0.1) is 22.7 Å². The molecule has 0 aromatic carbocycles. The number of hydrogen-bond donors (Lipinski definition) is 0. The summed E-state index contributed by atoms with van der Waals surface area (Å²) in [6.07, 6.45) is 7.77. The Hall–Kier alpha value is -0.990. The van der Waals surface area contributed by atoms with Gasteiger partial charge in [0.05, 0.1) is 5.76 Å². The van der Waals surface area contributed by atoms with E-state index in [9.17, 15) is 4.79 Å². The van der Waals surface area contributed by atoms with Gasteiger partial charge in [-0.3, -0.25) is 4.79 Å². The second-order valence-electron chi connectivity index (χ2n) is 9.20. The van der Waals surface area contributed by atoms with E-state index in [1.54, 1.807) is 0 Å². The Morgan fingerprint density at radius 3 is 2.61 bits per heavy atom. The molecule has 1 aliphatic heterocycles. The van der Waals surface area contributed by atoms with Crippen molar-refractivity contribution in [3.63, 3.8) is 0 Å². The van der Waals surface area contributed by atoms with Crippen LogP contribution in [0.1, 0.15) is 73.6 Å². The van der Waals surface area contributed by atoms with Crippen LogP contribution >= 0.6 is 0 Å². The quantitative estimate of drug-likeness (QED) is 0.648. The zero-order valence-corrected chi connectivity index (χ0v) is 15.6. The summed E-state index contributed by atoms with van der Waals surface area (Å²) in [4.78, 5) is 11.8. The smallest absolute Gasteiger partial charge is 0.302 e. The second-order valence-corrected chi connectivity index (χ2v) is 9.20. The summed E-state index contributed by atoms with van der Waals surface area (Å²) in [5.74, 6) is 1.75. The molecule has 2 saturated carbocycles. The molecule has 1 heterocycles. The minimum atomic E-state index is -0.225. The third-order valence-electron chi connectivity index (χ3n) is 6.95. The fraction of sp³-hybridized carbons (Fsp3) is 0.850. The van der Waals surface area contributed by atoms with Gasteiger partial charge in [0.2, 0.25) is 0 Å². The highest BCUT2D eigenvalue weighted by Gasteiger charge is 2.64. The molecule has 0 bridgehead atoms. The molecule has 0 unspecified atom stereocenters. The summed E-state index contributed by atoms with van der Waals surface area (Å²) in [7, 11) is 0. The molecular formula is C20H32O3. The predicted molar refractivity (Wildman–Crippen MR) is 90.8 cm³/mol. The number of allylic oxidation sites excluding steroid dienone is 2. The van der Waals surface area contributed by atoms with Crippen molar-refractivity contribution in [3.8, 4) is 0 Å². The molecule has 2 aliphatic carbocycles. The van der Waals surface area contributed by atoms with E-state index in [0.29, 0.717) is 11.8 Å². The van der Waals surface area contributed by atoms with Gasteiger partial charge in [-0.05, 0) is 50.0 Å². The van der Waals surface area contributed by atoms with Gasteiger partial charge in [0.1, 0.15) is 11.7 Å². The molecule has 0 N–H and O–H groups in total. The molecule has 3 heteroatoms. The van der Waals surface area contributed by atoms with Gasteiger partial charge < -0.3 is 9.47 Å². The summed E-state index contributed by atoms with van der Waals surface area (Å²) in [6.45, 7) is 13.0. The normalized spacial score (nSPS) is 45.1. The Balaban J connectivity index is 2.06. The molecule has 0 radical (unpaired) electrons. The van der Waals surface area contributed by atoms with Crippen LogP contribution in [0.4, 0.5) is 0 Å². The van der Waals surface area contributed by atoms with E-state index in [1.165, 1.54) is 26.2 Å². The van der Waals surface area contributed by atoms with Crippen LogP contribution in [0.15, 0.2) is 11.8 Å². The number of carbonyl (C=O) groups excluding carboxylic acids is 1. The first-order valence-corrected chi connectivity index (χ1v) is 9.11. The highest BCUT2D eigenvalue weighted by atomic mass is 16.5. The van der Waals surface area contributed by atoms with Gasteiger partial charge in [-0.2, -0.15) is 0 Å². The maximum atomic E-state index is 11.8. The molecule has 0 amide bonds. The fourth-order valence-corrected chi connectivity index (χ4v) is 6.45. The largest absolute Gasteiger partial charge is 0.492 e. The van der Waals surface area contributed by atoms with Crippen LogP contribution in [0.5, 0.6) is 0 Å². The highest BCUT2D eigenvalue weighted by molar-refractivity contribution is 5.66. The first kappa shape index (κ1) is 16.9. The predicted octanol–water partition coefficient (Wildman–Crippen LogP) is 4.85. The zero-order chi connectivity index (χ0) is 17.0. The molecule has 0 saturated heterocycles. The number of ether oxygens (including phenoxy) is 2. The van der Waals surface area contributed by atoms with E-state index in [0.717, 1.165) is 18.6 Å². The Bertz CT molecular complexity index is 535. The van der Waals surface area contributed by atoms with Crippen LogP contribution < -0.4 is 0 Å². The molecule has 2 fully saturated rings. The van der Waals surface area contributed by atoms with Crippen LogP contribution in [0.25, 0.3) is 0 Å². The summed E-state index contributed by atoms with van der Waals surface area (Å²) < 4.78 is 12.2. The van der Waals surface area contributed by atoms with Gasteiger partial charge in [-0.25, -0.2) is 0 Å². The molecule has 130 valence electrons. The lowest BCUT2D eigenvalue weighted by Crippen LogP contribution is -2.64. The summed E-state index contributed by atoms with van der Waals surface area (Å²) in [5, 5.41) is 0. The van der Waals surface area contributed by atoms with Crippen LogP contribution in [0.3, 0.4) is 0 Å². The number of hydrogen-bond acceptors (Lipinski definition) is 3. The van der Waals surface area contributed by atoms with Crippen molar-refractivity contribution in [2.24, 2.45) is 22.7 Å². The lowest BCUT2D eigenvalue weighted by molar-refractivity contribution is -0.231. The van der Waals surface area contributed by atoms with Crippen molar-refractivity contribution in [3.05, 3.63) is 11.8 Å². The lowest BCUT2D eigenvalue weighted by Gasteiger charge is -2.64. The summed E-state index contributed by atoms with van der Waals surface area (Å²) >= 11 is 0. The van der Waals surface area contributed by atoms with Gasteiger partial charge >= 0.3 is 5.97 Å². The van der Waals surface area contributed by atoms with E-state index in [-0.39, 0.29) is 28.5 Å². The minimum Gasteiger partial charge on any atom is -0.492 e. The van der Waals surface area contributed by atoms with Gasteiger partial charge in [0, 0.05) is 25.2 Å². The van der Waals surface area contributed by atoms with Gasteiger partial charge in [-0.1, -0.05) is 27.2 Å². The maximum absolute atomic E-state index is 11.8. The topological polar surface area (TPSA) is 35.5 Å². The molecule has 3 rings (SSSR count). The van der Waals surface area contributed by atoms with Crippen LogP contribution in [-0.4, -0.2) is 17.7 Å². The van der Waals surface area contributed by atoms with Crippen molar-refractivity contribution in [1.29, 1.82) is 0 Å². The molecule has 23 heavy (non-hydrogen) atoms. The third-order valence-corrected chi connectivity index (χ3v) is 6.95. The highest BCUT2D eigenvalue weighted by Crippen LogP contribution is 2.65. The van der Waals surface area contributed by atoms with Crippen LogP contribution in [-0.2, 0) is 14.3 Å². The van der Waals surface area contributed by atoms with Crippen molar-refractivity contribution >= 4 is 5.97 Å². The van der Waals surface area contributed by atoms with Crippen LogP contribution in [0.2, 0.25) is 0 Å². The van der Waals surface area contributed by atoms with E-state index in [1.807, 2.05) is 6.92 Å². The van der Waals surface area contributed by atoms with Gasteiger partial charge in [0.25, 0.3) is 0 Å². The molecule has 3 nitrogen and oxygen atoms in total. The molecule has 0 aromatic rings. The third kappa shape index (κ3) is 2.60. The molecule has 5 atom stereocenters. The first-order valence-electron chi connectivity index (χ1n) is 9.11. The molecule has 3 aliphatic rings. The van der Waals surface area contributed by atoms with Crippen molar-refractivity contribution in [1.82, 2.24) is 0 Å². The van der Waals surface area contributed by atoms with Crippen molar-refractivity contribution in [2.45, 2.75) is 85.4 Å². The second kappa shape index (κ2) is 5.26. The average Bonchev–Trinajstić information content (AvgIpc) is 2.34. The standard InChI is InChI=1S/C20H32O3/c1-13-8-9-16-19(5)11-7-10-18(3,4)17(19)15(22-14(2)21)12-20(16,6)23-13/h8,15-17H,7,9-12H2,1-6H3/t15-,16+,17-,19+,20+/m0/s1. The maximum Gasteiger partial charge on any atom is 0.302 e. The summed E-state index contributed by atoms with van der Waals surface area (Å²) in [6, 6.07) is 0. The number of esters is 1. The molecule has 0 spiro atoms. The lowest BCUT2D eigenvalue weighted by atomic mass is 9.44. The molecular weight excluding hydrogens is 288 g/mol. The SMILES string of the molecule is CC(=O)O[C@H]1C[C@@]2(C)OC(C)=CC[C@@H]2[C@@]2(C)CCCC(C)(C)[C@H]12. The molecule has 0 aromatic heterocycles. The van der Waals surface area contributed by atoms with Crippen molar-refractivity contribution in [2.75, 3.05) is 0 Å². The average molecular weight is 320 g/mol. The number of fused-ring (bicyclic) bond motifs is 3.